The Kier molecular flexibility index (Phi) is 4.77. The van der Waals surface area contributed by atoms with E-state index in [-0.39, 0.29) is 5.91 Å². The number of aromatic nitrogens is 1. The summed E-state index contributed by atoms with van der Waals surface area (Å²) < 4.78 is 5.49. The van der Waals surface area contributed by atoms with E-state index in [4.69, 9.17) is 4.74 Å². The van der Waals surface area contributed by atoms with E-state index in [0.29, 0.717) is 23.6 Å². The van der Waals surface area contributed by atoms with Gasteiger partial charge in [0, 0.05) is 20.3 Å². The predicted octanol–water partition coefficient (Wildman–Crippen LogP) is 2.80. The Hall–Kier alpha value is -2.56. The number of anilines is 2. The van der Waals surface area contributed by atoms with E-state index in [1.807, 2.05) is 56.3 Å². The first-order chi connectivity index (χ1) is 10.1. The number of ether oxygens (including phenoxy) is 1. The van der Waals surface area contributed by atoms with E-state index in [1.165, 1.54) is 0 Å². The van der Waals surface area contributed by atoms with Gasteiger partial charge in [-0.3, -0.25) is 4.79 Å². The van der Waals surface area contributed by atoms with E-state index >= 15 is 0 Å². The summed E-state index contributed by atoms with van der Waals surface area (Å²) in [5, 5.41) is 2.84. The molecule has 1 heterocycles. The van der Waals surface area contributed by atoms with Gasteiger partial charge >= 0.3 is 0 Å². The highest BCUT2D eigenvalue weighted by Crippen LogP contribution is 2.24. The van der Waals surface area contributed by atoms with E-state index in [2.05, 4.69) is 10.3 Å². The molecule has 0 unspecified atom stereocenters. The molecule has 0 fully saturated rings. The van der Waals surface area contributed by atoms with Gasteiger partial charge in [0.05, 0.1) is 17.9 Å². The number of carbonyl (C=O) groups excluding carboxylic acids is 1. The molecule has 0 bridgehead atoms. The molecule has 2 rings (SSSR count). The lowest BCUT2D eigenvalue weighted by Gasteiger charge is -2.13. The quantitative estimate of drug-likeness (QED) is 0.917. The molecule has 0 spiro atoms. The smallest absolute Gasteiger partial charge is 0.257 e. The number of nitrogens with one attached hydrogen (secondary N) is 1. The Labute approximate surface area is 124 Å². The maximum Gasteiger partial charge on any atom is 0.257 e. The van der Waals surface area contributed by atoms with Crippen molar-refractivity contribution in [3.05, 3.63) is 48.2 Å². The minimum atomic E-state index is -0.208. The van der Waals surface area contributed by atoms with Crippen LogP contribution in [-0.4, -0.2) is 31.6 Å². The number of benzene rings is 1. The van der Waals surface area contributed by atoms with Crippen LogP contribution in [0.15, 0.2) is 42.6 Å². The monoisotopic (exact) mass is 285 g/mol. The number of carbonyl (C=O) groups is 1. The zero-order chi connectivity index (χ0) is 15.2. The molecule has 5 nitrogen and oxygen atoms in total. The number of para-hydroxylation sites is 2. The highest BCUT2D eigenvalue weighted by molar-refractivity contribution is 6.04. The number of nitrogens with zero attached hydrogens (tertiary/aromatic N) is 2. The van der Waals surface area contributed by atoms with Gasteiger partial charge < -0.3 is 15.0 Å². The average Bonchev–Trinajstić information content (AvgIpc) is 2.49. The second-order valence-corrected chi connectivity index (χ2v) is 4.68. The fourth-order valence-corrected chi connectivity index (χ4v) is 1.83. The second kappa shape index (κ2) is 6.74. The molecular weight excluding hydrogens is 266 g/mol. The summed E-state index contributed by atoms with van der Waals surface area (Å²) in [4.78, 5) is 18.3. The summed E-state index contributed by atoms with van der Waals surface area (Å²) in [6.07, 6.45) is 1.56. The van der Waals surface area contributed by atoms with Crippen LogP contribution >= 0.6 is 0 Å². The molecule has 1 aromatic carbocycles. The molecule has 1 aromatic heterocycles. The summed E-state index contributed by atoms with van der Waals surface area (Å²) in [6.45, 7) is 2.45. The van der Waals surface area contributed by atoms with Gasteiger partial charge in [0.15, 0.2) is 0 Å². The Morgan fingerprint density at radius 1 is 1.24 bits per heavy atom. The van der Waals surface area contributed by atoms with Crippen molar-refractivity contribution in [2.75, 3.05) is 30.9 Å². The number of hydrogen-bond acceptors (Lipinski definition) is 4. The molecule has 2 aromatic rings. The lowest BCUT2D eigenvalue weighted by Crippen LogP contribution is -2.15. The minimum absolute atomic E-state index is 0.208. The molecule has 1 N–H and O–H groups in total. The molecule has 0 radical (unpaired) electrons. The van der Waals surface area contributed by atoms with Gasteiger partial charge in [-0.1, -0.05) is 12.1 Å². The molecule has 21 heavy (non-hydrogen) atoms. The maximum atomic E-state index is 12.2. The van der Waals surface area contributed by atoms with Gasteiger partial charge in [-0.25, -0.2) is 4.98 Å². The van der Waals surface area contributed by atoms with Crippen LogP contribution in [0.3, 0.4) is 0 Å². The van der Waals surface area contributed by atoms with E-state index in [0.717, 1.165) is 5.82 Å². The Morgan fingerprint density at radius 3 is 2.62 bits per heavy atom. The van der Waals surface area contributed by atoms with Crippen LogP contribution in [0.4, 0.5) is 11.5 Å². The first-order valence-corrected chi connectivity index (χ1v) is 6.78. The Balaban J connectivity index is 2.14. The van der Waals surface area contributed by atoms with Crippen molar-refractivity contribution in [1.29, 1.82) is 0 Å². The summed E-state index contributed by atoms with van der Waals surface area (Å²) in [5.41, 5.74) is 1.16. The second-order valence-electron chi connectivity index (χ2n) is 4.68. The molecule has 5 heteroatoms. The Bertz CT molecular complexity index is 609. The number of pyridine rings is 1. The summed E-state index contributed by atoms with van der Waals surface area (Å²) in [5.74, 6) is 1.26. The van der Waals surface area contributed by atoms with Crippen molar-refractivity contribution < 1.29 is 9.53 Å². The third kappa shape index (κ3) is 3.72. The predicted molar refractivity (Wildman–Crippen MR) is 84.1 cm³/mol. The lowest BCUT2D eigenvalue weighted by molar-refractivity contribution is 0.102. The van der Waals surface area contributed by atoms with Crippen molar-refractivity contribution >= 4 is 17.4 Å². The number of rotatable bonds is 5. The van der Waals surface area contributed by atoms with Crippen LogP contribution in [0, 0.1) is 0 Å². The van der Waals surface area contributed by atoms with Gasteiger partial charge in [0.25, 0.3) is 5.91 Å². The fraction of sp³-hybridized carbons (Fsp3) is 0.250. The van der Waals surface area contributed by atoms with Gasteiger partial charge in [-0.2, -0.15) is 0 Å². The van der Waals surface area contributed by atoms with Gasteiger partial charge in [0.1, 0.15) is 11.6 Å². The van der Waals surface area contributed by atoms with Crippen molar-refractivity contribution in [3.8, 4) is 5.75 Å². The van der Waals surface area contributed by atoms with E-state index < -0.39 is 0 Å². The number of hydrogen-bond donors (Lipinski definition) is 1. The summed E-state index contributed by atoms with van der Waals surface area (Å²) >= 11 is 0. The topological polar surface area (TPSA) is 54.5 Å². The highest BCUT2D eigenvalue weighted by atomic mass is 16.5. The van der Waals surface area contributed by atoms with Crippen molar-refractivity contribution in [1.82, 2.24) is 4.98 Å². The van der Waals surface area contributed by atoms with Crippen molar-refractivity contribution in [2.24, 2.45) is 0 Å². The number of amides is 1. The lowest BCUT2D eigenvalue weighted by atomic mass is 10.2. The molecule has 0 atom stereocenters. The first-order valence-electron chi connectivity index (χ1n) is 6.78. The van der Waals surface area contributed by atoms with Gasteiger partial charge in [-0.05, 0) is 31.2 Å². The molecule has 0 aliphatic carbocycles. The SMILES string of the molecule is CCOc1ccccc1NC(=O)c1ccc(N(C)C)nc1. The van der Waals surface area contributed by atoms with Crippen LogP contribution in [0.2, 0.25) is 0 Å². The average molecular weight is 285 g/mol. The van der Waals surface area contributed by atoms with Crippen LogP contribution in [0.1, 0.15) is 17.3 Å². The summed E-state index contributed by atoms with van der Waals surface area (Å²) in [6, 6.07) is 10.9. The normalized spacial score (nSPS) is 10.0. The largest absolute Gasteiger partial charge is 0.492 e. The highest BCUT2D eigenvalue weighted by Gasteiger charge is 2.10. The maximum absolute atomic E-state index is 12.2. The zero-order valence-electron chi connectivity index (χ0n) is 12.5. The minimum Gasteiger partial charge on any atom is -0.492 e. The molecule has 1 amide bonds. The molecule has 0 saturated heterocycles. The molecule has 0 saturated carbocycles. The Morgan fingerprint density at radius 2 is 2.00 bits per heavy atom. The summed E-state index contributed by atoms with van der Waals surface area (Å²) in [7, 11) is 3.81. The van der Waals surface area contributed by atoms with Gasteiger partial charge in [0.2, 0.25) is 0 Å². The third-order valence-corrected chi connectivity index (χ3v) is 2.90. The van der Waals surface area contributed by atoms with E-state index in [1.54, 1.807) is 12.3 Å². The van der Waals surface area contributed by atoms with Crippen LogP contribution in [-0.2, 0) is 0 Å². The third-order valence-electron chi connectivity index (χ3n) is 2.90. The molecule has 0 aliphatic rings. The molecule has 110 valence electrons. The fourth-order valence-electron chi connectivity index (χ4n) is 1.83. The van der Waals surface area contributed by atoms with Crippen molar-refractivity contribution in [2.45, 2.75) is 6.92 Å². The molecule has 0 aliphatic heterocycles. The van der Waals surface area contributed by atoms with E-state index in [9.17, 15) is 4.79 Å². The zero-order valence-corrected chi connectivity index (χ0v) is 12.5. The van der Waals surface area contributed by atoms with Crippen LogP contribution < -0.4 is 15.0 Å². The van der Waals surface area contributed by atoms with Crippen LogP contribution in [0.25, 0.3) is 0 Å². The standard InChI is InChI=1S/C16H19N3O2/c1-4-21-14-8-6-5-7-13(14)18-16(20)12-9-10-15(17-11-12)19(2)3/h5-11H,4H2,1-3H3,(H,18,20). The van der Waals surface area contributed by atoms with Crippen LogP contribution in [0.5, 0.6) is 5.75 Å². The first kappa shape index (κ1) is 14.8. The van der Waals surface area contributed by atoms with Gasteiger partial charge in [-0.15, -0.1) is 0 Å². The molecular formula is C16H19N3O2. The van der Waals surface area contributed by atoms with Crippen molar-refractivity contribution in [3.63, 3.8) is 0 Å².